The highest BCUT2D eigenvalue weighted by atomic mass is 16.6. The Balaban J connectivity index is -0.0000000983. The van der Waals surface area contributed by atoms with E-state index in [0.717, 1.165) is 0 Å². The van der Waals surface area contributed by atoms with Crippen molar-refractivity contribution in [2.45, 2.75) is 12.8 Å². The molecule has 0 bridgehead atoms. The Hall–Kier alpha value is -1.88. The quantitative estimate of drug-likeness (QED) is 0.286. The van der Waals surface area contributed by atoms with Crippen LogP contribution >= 0.6 is 0 Å². The third kappa shape index (κ3) is 98.4. The lowest BCUT2D eigenvalue weighted by molar-refractivity contribution is -0.114. The number of carbonyl (C=O) groups excluding carboxylic acids is 2. The second-order valence-corrected chi connectivity index (χ2v) is 2.22. The fraction of sp³-hybridized carbons (Fsp3) is 0.600. The van der Waals surface area contributed by atoms with Gasteiger partial charge in [-0.1, -0.05) is 10.3 Å². The summed E-state index contributed by atoms with van der Waals surface area (Å²) in [6.07, 6.45) is 4.95. The number of oxime groups is 2. The van der Waals surface area contributed by atoms with Crippen LogP contribution in [-0.2, 0) is 28.9 Å². The topological polar surface area (TPSA) is 148 Å². The van der Waals surface area contributed by atoms with E-state index in [1.54, 1.807) is 12.4 Å². The van der Waals surface area contributed by atoms with Crippen LogP contribution in [0.2, 0.25) is 0 Å². The van der Waals surface area contributed by atoms with E-state index < -0.39 is 0 Å². The Kier molecular flexibility index (Phi) is 57.9. The first-order valence-electron chi connectivity index (χ1n) is 5.09. The zero-order valence-corrected chi connectivity index (χ0v) is 12.2. The van der Waals surface area contributed by atoms with Gasteiger partial charge in [-0.05, 0) is 0 Å². The Morgan fingerprint density at radius 2 is 1.10 bits per heavy atom. The van der Waals surface area contributed by atoms with E-state index in [1.165, 1.54) is 28.4 Å². The van der Waals surface area contributed by atoms with Crippen LogP contribution in [0.1, 0.15) is 12.8 Å². The molecule has 0 saturated carbocycles. The molecule has 20 heavy (non-hydrogen) atoms. The van der Waals surface area contributed by atoms with Crippen molar-refractivity contribution in [3.8, 4) is 0 Å². The number of nitrogens with zero attached hydrogens (tertiary/aromatic N) is 2. The maximum Gasteiger partial charge on any atom is 0.127 e. The SMILES string of the molecule is CON.CON.CON=CCC=NOC.O=CCC=O. The lowest BCUT2D eigenvalue weighted by Gasteiger charge is -1.83. The predicted molar refractivity (Wildman–Crippen MR) is 74.8 cm³/mol. The average Bonchev–Trinajstić information content (AvgIpc) is 2.42. The molecule has 4 N–H and O–H groups in total. The first-order valence-corrected chi connectivity index (χ1v) is 5.09. The van der Waals surface area contributed by atoms with E-state index in [1.807, 2.05) is 0 Å². The molecular weight excluding hydrogens is 272 g/mol. The van der Waals surface area contributed by atoms with Crippen LogP contribution in [-0.4, -0.2) is 53.4 Å². The summed E-state index contributed by atoms with van der Waals surface area (Å²) in [7, 11) is 5.79. The van der Waals surface area contributed by atoms with E-state index in [2.05, 4.69) is 41.5 Å². The molecular formula is C10H24N4O6. The fourth-order valence-corrected chi connectivity index (χ4v) is 0.322. The van der Waals surface area contributed by atoms with Gasteiger partial charge in [0.05, 0.1) is 20.6 Å². The second kappa shape index (κ2) is 43.4. The first-order chi connectivity index (χ1) is 9.66. The van der Waals surface area contributed by atoms with Crippen LogP contribution in [0.4, 0.5) is 0 Å². The molecule has 0 spiro atoms. The minimum Gasteiger partial charge on any atom is -0.399 e. The molecule has 0 heterocycles. The normalized spacial score (nSPS) is 8.30. The molecule has 0 fully saturated rings. The molecule has 0 aromatic carbocycles. The molecule has 0 aliphatic carbocycles. The van der Waals surface area contributed by atoms with E-state index in [9.17, 15) is 9.59 Å². The summed E-state index contributed by atoms with van der Waals surface area (Å²) in [5, 5.41) is 6.94. The first kappa shape index (κ1) is 26.6. The molecule has 0 unspecified atom stereocenters. The van der Waals surface area contributed by atoms with Crippen molar-refractivity contribution in [3.63, 3.8) is 0 Å². The van der Waals surface area contributed by atoms with Crippen LogP contribution in [0.3, 0.4) is 0 Å². The van der Waals surface area contributed by atoms with Crippen molar-refractivity contribution in [2.75, 3.05) is 28.4 Å². The zero-order valence-electron chi connectivity index (χ0n) is 12.2. The molecule has 0 radical (unpaired) electrons. The monoisotopic (exact) mass is 296 g/mol. The van der Waals surface area contributed by atoms with Gasteiger partial charge < -0.3 is 28.9 Å². The number of aldehydes is 2. The largest absolute Gasteiger partial charge is 0.399 e. The van der Waals surface area contributed by atoms with E-state index >= 15 is 0 Å². The van der Waals surface area contributed by atoms with E-state index in [4.69, 9.17) is 0 Å². The van der Waals surface area contributed by atoms with Crippen molar-refractivity contribution >= 4 is 25.0 Å². The molecule has 120 valence electrons. The Morgan fingerprint density at radius 3 is 1.25 bits per heavy atom. The Bertz CT molecular complexity index is 194. The third-order valence-electron chi connectivity index (χ3n) is 0.763. The predicted octanol–water partition coefficient (Wildman–Crippen LogP) is -0.572. The van der Waals surface area contributed by atoms with Crippen molar-refractivity contribution in [2.24, 2.45) is 22.1 Å². The number of hydrogen-bond donors (Lipinski definition) is 2. The van der Waals surface area contributed by atoms with E-state index in [0.29, 0.717) is 19.0 Å². The number of rotatable bonds is 6. The summed E-state index contributed by atoms with van der Waals surface area (Å²) in [6.45, 7) is 0. The molecule has 0 amide bonds. The van der Waals surface area contributed by atoms with Gasteiger partial charge in [0.2, 0.25) is 0 Å². The minimum absolute atomic E-state index is 0.0278. The van der Waals surface area contributed by atoms with Crippen LogP contribution in [0.25, 0.3) is 0 Å². The smallest absolute Gasteiger partial charge is 0.127 e. The van der Waals surface area contributed by atoms with Crippen molar-refractivity contribution < 1.29 is 28.9 Å². The number of hydrogen-bond acceptors (Lipinski definition) is 10. The molecule has 0 aliphatic rings. The molecule has 0 atom stereocenters. The third-order valence-corrected chi connectivity index (χ3v) is 0.763. The lowest BCUT2D eigenvalue weighted by Crippen LogP contribution is -1.86. The highest BCUT2D eigenvalue weighted by Gasteiger charge is 1.70. The summed E-state index contributed by atoms with van der Waals surface area (Å²) in [5.41, 5.74) is 0. The van der Waals surface area contributed by atoms with Gasteiger partial charge in [-0.2, -0.15) is 0 Å². The van der Waals surface area contributed by atoms with Crippen molar-refractivity contribution in [1.29, 1.82) is 0 Å². The van der Waals surface area contributed by atoms with Crippen LogP contribution in [0, 0.1) is 0 Å². The number of carbonyl (C=O) groups is 2. The summed E-state index contributed by atoms with van der Waals surface area (Å²) >= 11 is 0. The molecule has 0 aliphatic heterocycles. The highest BCUT2D eigenvalue weighted by Crippen LogP contribution is 1.71. The van der Waals surface area contributed by atoms with Gasteiger partial charge in [-0.15, -0.1) is 0 Å². The Morgan fingerprint density at radius 1 is 0.800 bits per heavy atom. The summed E-state index contributed by atoms with van der Waals surface area (Å²) in [4.78, 5) is 34.6. The van der Waals surface area contributed by atoms with Crippen LogP contribution in [0.5, 0.6) is 0 Å². The van der Waals surface area contributed by atoms with Gasteiger partial charge in [-0.3, -0.25) is 0 Å². The summed E-state index contributed by atoms with van der Waals surface area (Å²) in [5.74, 6) is 8.69. The van der Waals surface area contributed by atoms with Crippen LogP contribution < -0.4 is 11.8 Å². The maximum absolute atomic E-state index is 9.17. The van der Waals surface area contributed by atoms with Gasteiger partial charge in [0.1, 0.15) is 26.8 Å². The van der Waals surface area contributed by atoms with E-state index in [-0.39, 0.29) is 6.42 Å². The molecule has 0 rings (SSSR count). The second-order valence-electron chi connectivity index (χ2n) is 2.22. The standard InChI is InChI=1S/C5H10N2O2.C3H4O2.2CH5NO/c1-8-6-4-3-5-7-9-2;4-2-1-3-5;2*1-3-2/h4-5H,3H2,1-2H3;2-3H,1H2;2*2H2,1H3. The van der Waals surface area contributed by atoms with Gasteiger partial charge in [0.25, 0.3) is 0 Å². The van der Waals surface area contributed by atoms with Gasteiger partial charge >= 0.3 is 0 Å². The van der Waals surface area contributed by atoms with Gasteiger partial charge in [0.15, 0.2) is 0 Å². The molecule has 10 nitrogen and oxygen atoms in total. The zero-order chi connectivity index (χ0) is 16.5. The minimum atomic E-state index is 0.0278. The molecule has 10 heteroatoms. The van der Waals surface area contributed by atoms with Crippen molar-refractivity contribution in [3.05, 3.63) is 0 Å². The molecule has 0 aromatic heterocycles. The molecule has 0 saturated heterocycles. The number of nitrogens with two attached hydrogens (primary N) is 2. The van der Waals surface area contributed by atoms with Crippen LogP contribution in [0.15, 0.2) is 10.3 Å². The van der Waals surface area contributed by atoms with Crippen molar-refractivity contribution in [1.82, 2.24) is 0 Å². The molecule has 0 aromatic rings. The summed E-state index contributed by atoms with van der Waals surface area (Å²) < 4.78 is 0. The van der Waals surface area contributed by atoms with Gasteiger partial charge in [-0.25, -0.2) is 11.8 Å². The average molecular weight is 296 g/mol. The maximum atomic E-state index is 9.17. The lowest BCUT2D eigenvalue weighted by atomic mass is 10.5. The summed E-state index contributed by atoms with van der Waals surface area (Å²) in [6, 6.07) is 0. The fourth-order valence-electron chi connectivity index (χ4n) is 0.322. The highest BCUT2D eigenvalue weighted by molar-refractivity contribution is 5.78. The van der Waals surface area contributed by atoms with Gasteiger partial charge in [0, 0.05) is 18.9 Å². The Labute approximate surface area is 118 Å².